The van der Waals surface area contributed by atoms with E-state index in [1.54, 1.807) is 0 Å². The molecule has 29 heavy (non-hydrogen) atoms. The lowest BCUT2D eigenvalue weighted by atomic mass is 9.41. The number of rotatable bonds is 5. The smallest absolute Gasteiger partial charge is 0.139 e. The third kappa shape index (κ3) is 3.18. The fraction of sp³-hybridized carbons (Fsp3) is 0.917. The molecule has 0 spiro atoms. The normalized spacial score (nSPS) is 48.2. The number of oxime groups is 1. The highest BCUT2D eigenvalue weighted by Gasteiger charge is 2.66. The highest BCUT2D eigenvalue weighted by Crippen LogP contribution is 2.67. The van der Waals surface area contributed by atoms with Crippen LogP contribution in [0.15, 0.2) is 5.16 Å². The van der Waals surface area contributed by atoms with E-state index in [1.165, 1.54) is 0 Å². The van der Waals surface area contributed by atoms with E-state index < -0.39 is 5.60 Å². The molecule has 0 saturated heterocycles. The molecule has 0 aromatic carbocycles. The largest absolute Gasteiger partial charge is 0.396 e. The van der Waals surface area contributed by atoms with Crippen molar-refractivity contribution >= 4 is 11.5 Å². The minimum atomic E-state index is -0.712. The highest BCUT2D eigenvalue weighted by molar-refractivity contribution is 5.87. The summed E-state index contributed by atoms with van der Waals surface area (Å²) in [5, 5.41) is 19.5. The Balaban J connectivity index is 1.53. The van der Waals surface area contributed by atoms with Crippen LogP contribution < -0.4 is 5.32 Å². The lowest BCUT2D eigenvalue weighted by Gasteiger charge is -2.65. The molecule has 164 valence electrons. The topological polar surface area (TPSA) is 70.9 Å². The zero-order chi connectivity index (χ0) is 20.9. The number of carbonyl (C=O) groups is 1. The van der Waals surface area contributed by atoms with Crippen molar-refractivity contribution in [2.24, 2.45) is 39.7 Å². The number of hydrogen-bond acceptors (Lipinski definition) is 5. The maximum Gasteiger partial charge on any atom is 0.139 e. The second-order valence-corrected chi connectivity index (χ2v) is 10.9. The number of ketones is 1. The molecule has 4 aliphatic carbocycles. The third-order valence-corrected chi connectivity index (χ3v) is 9.66. The predicted octanol–water partition coefficient (Wildman–Crippen LogP) is 3.94. The van der Waals surface area contributed by atoms with E-state index in [9.17, 15) is 9.90 Å². The van der Waals surface area contributed by atoms with E-state index in [-0.39, 0.29) is 16.7 Å². The van der Waals surface area contributed by atoms with Crippen LogP contribution in [0.5, 0.6) is 0 Å². The van der Waals surface area contributed by atoms with Gasteiger partial charge in [-0.2, -0.15) is 0 Å². The monoisotopic (exact) mass is 404 g/mol. The molecule has 7 atom stereocenters. The van der Waals surface area contributed by atoms with Gasteiger partial charge in [0.05, 0.1) is 11.3 Å². The maximum absolute atomic E-state index is 12.6. The molecule has 0 unspecified atom stereocenters. The first-order valence-corrected chi connectivity index (χ1v) is 11.8. The fourth-order valence-corrected chi connectivity index (χ4v) is 7.78. The predicted molar refractivity (Wildman–Crippen MR) is 115 cm³/mol. The van der Waals surface area contributed by atoms with Crippen molar-refractivity contribution < 1.29 is 14.7 Å². The molecule has 5 nitrogen and oxygen atoms in total. The van der Waals surface area contributed by atoms with Gasteiger partial charge in [-0.1, -0.05) is 25.9 Å². The molecule has 0 aliphatic heterocycles. The van der Waals surface area contributed by atoms with Gasteiger partial charge in [0.1, 0.15) is 12.4 Å². The Morgan fingerprint density at radius 3 is 2.76 bits per heavy atom. The van der Waals surface area contributed by atoms with E-state index in [0.717, 1.165) is 63.6 Å². The second kappa shape index (κ2) is 7.64. The summed E-state index contributed by atoms with van der Waals surface area (Å²) in [6.45, 7) is 8.34. The standard InChI is InChI=1S/C24H40N2O3/c1-16-14-18-19-6-7-21(27)22(19,2)10-9-20(18)23(3)11-8-17(15-24(16,23)28)26-29-13-5-12-25-4/h16,18-20,25,28H,5-15H2,1-4H3/t16-,18-,19-,20-,22-,23+,24-/m0/s1. The molecule has 2 N–H and O–H groups in total. The van der Waals surface area contributed by atoms with Crippen molar-refractivity contribution in [2.75, 3.05) is 20.2 Å². The van der Waals surface area contributed by atoms with Crippen molar-refractivity contribution in [1.29, 1.82) is 0 Å². The zero-order valence-electron chi connectivity index (χ0n) is 18.8. The highest BCUT2D eigenvalue weighted by atomic mass is 16.6. The van der Waals surface area contributed by atoms with E-state index >= 15 is 0 Å². The Morgan fingerprint density at radius 2 is 2.00 bits per heavy atom. The number of fused-ring (bicyclic) bond motifs is 5. The maximum atomic E-state index is 12.6. The number of nitrogens with zero attached hydrogens (tertiary/aromatic N) is 1. The fourth-order valence-electron chi connectivity index (χ4n) is 7.78. The summed E-state index contributed by atoms with van der Waals surface area (Å²) in [4.78, 5) is 18.2. The first-order valence-electron chi connectivity index (χ1n) is 11.8. The number of Topliss-reactive ketones (excluding diaryl/α,β-unsaturated/α-hetero) is 1. The van der Waals surface area contributed by atoms with Crippen molar-refractivity contribution in [2.45, 2.75) is 84.2 Å². The zero-order valence-corrected chi connectivity index (χ0v) is 18.8. The van der Waals surface area contributed by atoms with Crippen LogP contribution in [0.25, 0.3) is 0 Å². The van der Waals surface area contributed by atoms with Gasteiger partial charge in [-0.3, -0.25) is 4.79 Å². The molecule has 0 heterocycles. The number of hydrogen-bond donors (Lipinski definition) is 2. The van der Waals surface area contributed by atoms with Gasteiger partial charge in [-0.05, 0) is 82.2 Å². The van der Waals surface area contributed by atoms with Crippen molar-refractivity contribution in [3.8, 4) is 0 Å². The molecule has 4 saturated carbocycles. The van der Waals surface area contributed by atoms with Crippen LogP contribution in [0.1, 0.15) is 78.6 Å². The Bertz CT molecular complexity index is 679. The SMILES string of the molecule is CNCCCON=C1CC[C@]2(C)[C@H]3CC[C@]4(C)C(=O)CC[C@H]4[C@@H]3C[C@H](C)[C@@]2(O)C1. The summed E-state index contributed by atoms with van der Waals surface area (Å²) in [7, 11) is 1.94. The number of aliphatic hydroxyl groups is 1. The third-order valence-electron chi connectivity index (χ3n) is 9.66. The molecule has 0 radical (unpaired) electrons. The lowest BCUT2D eigenvalue weighted by Crippen LogP contribution is -2.65. The molecular formula is C24H40N2O3. The van der Waals surface area contributed by atoms with Gasteiger partial charge in [-0.15, -0.1) is 0 Å². The van der Waals surface area contributed by atoms with Crippen molar-refractivity contribution in [3.05, 3.63) is 0 Å². The van der Waals surface area contributed by atoms with Gasteiger partial charge in [0.15, 0.2) is 0 Å². The van der Waals surface area contributed by atoms with E-state index in [4.69, 9.17) is 4.84 Å². The van der Waals surface area contributed by atoms with E-state index in [2.05, 4.69) is 31.2 Å². The number of nitrogens with one attached hydrogen (secondary N) is 1. The Morgan fingerprint density at radius 1 is 1.21 bits per heavy atom. The summed E-state index contributed by atoms with van der Waals surface area (Å²) in [6, 6.07) is 0. The summed E-state index contributed by atoms with van der Waals surface area (Å²) in [5.41, 5.74) is 0.120. The quantitative estimate of drug-likeness (QED) is 0.538. The average molecular weight is 405 g/mol. The second-order valence-electron chi connectivity index (χ2n) is 10.9. The Kier molecular flexibility index (Phi) is 5.61. The molecule has 0 aromatic rings. The lowest BCUT2D eigenvalue weighted by molar-refractivity contribution is -0.214. The van der Waals surface area contributed by atoms with Crippen LogP contribution in [0.3, 0.4) is 0 Å². The molecule has 0 bridgehead atoms. The van der Waals surface area contributed by atoms with Gasteiger partial charge < -0.3 is 15.3 Å². The van der Waals surface area contributed by atoms with Gasteiger partial charge >= 0.3 is 0 Å². The van der Waals surface area contributed by atoms with Crippen LogP contribution in [-0.4, -0.2) is 42.4 Å². The molecule has 0 amide bonds. The molecule has 4 fully saturated rings. The van der Waals surface area contributed by atoms with Crippen molar-refractivity contribution in [3.63, 3.8) is 0 Å². The first-order chi connectivity index (χ1) is 13.8. The van der Waals surface area contributed by atoms with E-state index in [0.29, 0.717) is 36.6 Å². The summed E-state index contributed by atoms with van der Waals surface area (Å²) in [5.74, 6) is 2.33. The molecule has 5 heteroatoms. The Labute approximate surface area is 176 Å². The average Bonchev–Trinajstić information content (AvgIpc) is 2.99. The Hall–Kier alpha value is -0.940. The molecular weight excluding hydrogens is 364 g/mol. The molecule has 4 aliphatic rings. The van der Waals surface area contributed by atoms with Crippen molar-refractivity contribution in [1.82, 2.24) is 5.32 Å². The van der Waals surface area contributed by atoms with E-state index in [1.807, 2.05) is 7.05 Å². The van der Waals surface area contributed by atoms with Crippen LogP contribution >= 0.6 is 0 Å². The summed E-state index contributed by atoms with van der Waals surface area (Å²) in [6.07, 6.45) is 8.43. The van der Waals surface area contributed by atoms with Crippen LogP contribution in [0.2, 0.25) is 0 Å². The van der Waals surface area contributed by atoms with Gasteiger partial charge in [0.25, 0.3) is 0 Å². The van der Waals surface area contributed by atoms with Gasteiger partial charge in [0, 0.05) is 23.7 Å². The van der Waals surface area contributed by atoms with Gasteiger partial charge in [-0.25, -0.2) is 0 Å². The van der Waals surface area contributed by atoms with Crippen LogP contribution in [-0.2, 0) is 9.63 Å². The first kappa shape index (κ1) is 21.3. The summed E-state index contributed by atoms with van der Waals surface area (Å²) < 4.78 is 0. The van der Waals surface area contributed by atoms with Crippen LogP contribution in [0, 0.1) is 34.5 Å². The number of carbonyl (C=O) groups excluding carboxylic acids is 1. The van der Waals surface area contributed by atoms with Gasteiger partial charge in [0.2, 0.25) is 0 Å². The molecule has 0 aromatic heterocycles. The minimum absolute atomic E-state index is 0.0898. The summed E-state index contributed by atoms with van der Waals surface area (Å²) >= 11 is 0. The van der Waals surface area contributed by atoms with Crippen LogP contribution in [0.4, 0.5) is 0 Å². The molecule has 4 rings (SSSR count). The minimum Gasteiger partial charge on any atom is -0.396 e.